The predicted octanol–water partition coefficient (Wildman–Crippen LogP) is 4.01. The zero-order valence-corrected chi connectivity index (χ0v) is 19.1. The predicted molar refractivity (Wildman–Crippen MR) is 126 cm³/mol. The molecule has 31 heavy (non-hydrogen) atoms. The van der Waals surface area contributed by atoms with Crippen molar-refractivity contribution < 1.29 is 14.3 Å². The van der Waals surface area contributed by atoms with Crippen LogP contribution in [0.4, 0.5) is 11.4 Å². The van der Waals surface area contributed by atoms with Gasteiger partial charge >= 0.3 is 0 Å². The van der Waals surface area contributed by atoms with Crippen molar-refractivity contribution in [2.24, 2.45) is 5.73 Å². The first-order chi connectivity index (χ1) is 15.0. The van der Waals surface area contributed by atoms with Gasteiger partial charge in [-0.05, 0) is 78.0 Å². The lowest BCUT2D eigenvalue weighted by Crippen LogP contribution is -2.42. The van der Waals surface area contributed by atoms with Gasteiger partial charge in [0.15, 0.2) is 6.29 Å². The lowest BCUT2D eigenvalue weighted by Gasteiger charge is -2.38. The van der Waals surface area contributed by atoms with E-state index >= 15 is 0 Å². The summed E-state index contributed by atoms with van der Waals surface area (Å²) in [5.74, 6) is -0.396. The van der Waals surface area contributed by atoms with Crippen molar-refractivity contribution in [1.29, 1.82) is 0 Å². The first kappa shape index (κ1) is 21.8. The van der Waals surface area contributed by atoms with E-state index < -0.39 is 5.91 Å². The molecule has 0 bridgehead atoms. The molecule has 0 aliphatic carbocycles. The van der Waals surface area contributed by atoms with E-state index in [4.69, 9.17) is 10.5 Å². The molecule has 6 nitrogen and oxygen atoms in total. The molecule has 0 saturated carbocycles. The van der Waals surface area contributed by atoms with E-state index in [1.54, 1.807) is 12.1 Å². The smallest absolute Gasteiger partial charge is 0.248 e. The van der Waals surface area contributed by atoms with Crippen LogP contribution in [0, 0.1) is 0 Å². The second-order valence-electron chi connectivity index (χ2n) is 8.21. The second kappa shape index (κ2) is 9.83. The Bertz CT molecular complexity index is 918. The van der Waals surface area contributed by atoms with Gasteiger partial charge in [0.25, 0.3) is 0 Å². The average molecular weight is 486 g/mol. The van der Waals surface area contributed by atoms with Crippen LogP contribution in [0.15, 0.2) is 46.9 Å². The molecule has 0 spiro atoms. The molecule has 0 unspecified atom stereocenters. The SMILES string of the molecule is NC(=O)c1ccc(N2CCC(OC3CCN(c4cccc(Br)c4C=O)CC3)CC2)cc1. The van der Waals surface area contributed by atoms with Crippen LogP contribution < -0.4 is 15.5 Å². The van der Waals surface area contributed by atoms with Gasteiger partial charge in [-0.2, -0.15) is 0 Å². The van der Waals surface area contributed by atoms with Crippen molar-refractivity contribution in [2.45, 2.75) is 37.9 Å². The quantitative estimate of drug-likeness (QED) is 0.625. The van der Waals surface area contributed by atoms with E-state index in [1.165, 1.54) is 0 Å². The standard InChI is InChI=1S/C24H28BrN3O3/c25-22-2-1-3-23(21(22)16-29)28-14-10-20(11-15-28)31-19-8-12-27(13-9-19)18-6-4-17(5-7-18)24(26)30/h1-7,16,19-20H,8-15H2,(H2,26,30). The maximum absolute atomic E-state index is 11.5. The Labute approximate surface area is 191 Å². The summed E-state index contributed by atoms with van der Waals surface area (Å²) in [6.45, 7) is 3.68. The maximum Gasteiger partial charge on any atom is 0.248 e. The van der Waals surface area contributed by atoms with Gasteiger partial charge in [0.05, 0.1) is 17.8 Å². The molecular formula is C24H28BrN3O3. The van der Waals surface area contributed by atoms with E-state index in [1.807, 2.05) is 30.3 Å². The van der Waals surface area contributed by atoms with Gasteiger partial charge in [0.2, 0.25) is 5.91 Å². The van der Waals surface area contributed by atoms with Crippen LogP contribution in [-0.4, -0.2) is 50.6 Å². The van der Waals surface area contributed by atoms with E-state index in [0.29, 0.717) is 5.56 Å². The molecule has 0 atom stereocenters. The topological polar surface area (TPSA) is 75.9 Å². The third-order valence-electron chi connectivity index (χ3n) is 6.27. The van der Waals surface area contributed by atoms with Crippen LogP contribution in [0.1, 0.15) is 46.4 Å². The molecule has 2 saturated heterocycles. The minimum atomic E-state index is -0.396. The number of benzene rings is 2. The number of aldehydes is 1. The summed E-state index contributed by atoms with van der Waals surface area (Å²) in [5, 5.41) is 0. The molecule has 7 heteroatoms. The Hall–Kier alpha value is -2.38. The van der Waals surface area contributed by atoms with Gasteiger partial charge in [-0.3, -0.25) is 9.59 Å². The zero-order valence-electron chi connectivity index (χ0n) is 17.5. The minimum Gasteiger partial charge on any atom is -0.375 e. The molecule has 4 rings (SSSR count). The van der Waals surface area contributed by atoms with Gasteiger partial charge in [-0.15, -0.1) is 0 Å². The summed E-state index contributed by atoms with van der Waals surface area (Å²) >= 11 is 3.48. The number of ether oxygens (including phenoxy) is 1. The fraction of sp³-hybridized carbons (Fsp3) is 0.417. The summed E-state index contributed by atoms with van der Waals surface area (Å²) < 4.78 is 7.28. The van der Waals surface area contributed by atoms with Crippen LogP contribution in [-0.2, 0) is 4.74 Å². The Morgan fingerprint density at radius 3 is 2.06 bits per heavy atom. The molecule has 2 heterocycles. The fourth-order valence-corrected chi connectivity index (χ4v) is 4.96. The number of carbonyl (C=O) groups is 2. The Balaban J connectivity index is 1.25. The number of amides is 1. The monoisotopic (exact) mass is 485 g/mol. The number of hydrogen-bond acceptors (Lipinski definition) is 5. The number of anilines is 2. The number of primary amides is 1. The summed E-state index contributed by atoms with van der Waals surface area (Å²) in [7, 11) is 0. The molecule has 2 N–H and O–H groups in total. The third-order valence-corrected chi connectivity index (χ3v) is 6.97. The number of rotatable bonds is 6. The fourth-order valence-electron chi connectivity index (χ4n) is 4.51. The number of piperidine rings is 2. The highest BCUT2D eigenvalue weighted by atomic mass is 79.9. The first-order valence-corrected chi connectivity index (χ1v) is 11.6. The van der Waals surface area contributed by atoms with Crippen LogP contribution >= 0.6 is 15.9 Å². The molecule has 2 aliphatic rings. The second-order valence-corrected chi connectivity index (χ2v) is 9.06. The van der Waals surface area contributed by atoms with E-state index in [2.05, 4.69) is 25.7 Å². The van der Waals surface area contributed by atoms with Crippen molar-refractivity contribution >= 4 is 39.5 Å². The van der Waals surface area contributed by atoms with Crippen LogP contribution in [0.25, 0.3) is 0 Å². The first-order valence-electron chi connectivity index (χ1n) is 10.8. The van der Waals surface area contributed by atoms with E-state index in [0.717, 1.165) is 79.6 Å². The Morgan fingerprint density at radius 1 is 0.935 bits per heavy atom. The van der Waals surface area contributed by atoms with E-state index in [9.17, 15) is 9.59 Å². The zero-order chi connectivity index (χ0) is 21.8. The van der Waals surface area contributed by atoms with Crippen molar-refractivity contribution in [3.63, 3.8) is 0 Å². The number of nitrogens with two attached hydrogens (primary N) is 1. The van der Waals surface area contributed by atoms with Gasteiger partial charge in [-0.1, -0.05) is 6.07 Å². The maximum atomic E-state index is 11.5. The summed E-state index contributed by atoms with van der Waals surface area (Å²) in [5.41, 5.74) is 8.70. The summed E-state index contributed by atoms with van der Waals surface area (Å²) in [6, 6.07) is 13.4. The van der Waals surface area contributed by atoms with Gasteiger partial charge in [0.1, 0.15) is 0 Å². The number of nitrogens with zero attached hydrogens (tertiary/aromatic N) is 2. The van der Waals surface area contributed by atoms with E-state index in [-0.39, 0.29) is 12.2 Å². The van der Waals surface area contributed by atoms with Gasteiger partial charge < -0.3 is 20.3 Å². The van der Waals surface area contributed by atoms with Crippen LogP contribution in [0.2, 0.25) is 0 Å². The normalized spacial score (nSPS) is 18.2. The molecule has 0 aromatic heterocycles. The van der Waals surface area contributed by atoms with Gasteiger partial charge in [-0.25, -0.2) is 0 Å². The average Bonchev–Trinajstić information content (AvgIpc) is 2.80. The Morgan fingerprint density at radius 2 is 1.52 bits per heavy atom. The third kappa shape index (κ3) is 5.10. The highest BCUT2D eigenvalue weighted by Gasteiger charge is 2.27. The molecule has 2 aromatic rings. The largest absolute Gasteiger partial charge is 0.375 e. The van der Waals surface area contributed by atoms with Gasteiger partial charge in [0, 0.05) is 47.6 Å². The van der Waals surface area contributed by atoms with Crippen molar-refractivity contribution in [3.05, 3.63) is 58.1 Å². The van der Waals surface area contributed by atoms with Crippen molar-refractivity contribution in [1.82, 2.24) is 0 Å². The number of hydrogen-bond donors (Lipinski definition) is 1. The summed E-state index contributed by atoms with van der Waals surface area (Å²) in [4.78, 5) is 27.3. The minimum absolute atomic E-state index is 0.273. The van der Waals surface area contributed by atoms with Crippen molar-refractivity contribution in [2.75, 3.05) is 36.0 Å². The number of carbonyl (C=O) groups excluding carboxylic acids is 2. The van der Waals surface area contributed by atoms with Crippen LogP contribution in [0.3, 0.4) is 0 Å². The number of halogens is 1. The molecule has 1 amide bonds. The lowest BCUT2D eigenvalue weighted by atomic mass is 10.0. The molecule has 164 valence electrons. The molecule has 0 radical (unpaired) electrons. The van der Waals surface area contributed by atoms with Crippen LogP contribution in [0.5, 0.6) is 0 Å². The lowest BCUT2D eigenvalue weighted by molar-refractivity contribution is -0.0337. The van der Waals surface area contributed by atoms with Crippen molar-refractivity contribution in [3.8, 4) is 0 Å². The molecular weight excluding hydrogens is 458 g/mol. The molecule has 2 aliphatic heterocycles. The molecule has 2 aromatic carbocycles. The summed E-state index contributed by atoms with van der Waals surface area (Å²) in [6.07, 6.45) is 5.43. The highest BCUT2D eigenvalue weighted by molar-refractivity contribution is 9.10. The molecule has 2 fully saturated rings. The Kier molecular flexibility index (Phi) is 6.92. The highest BCUT2D eigenvalue weighted by Crippen LogP contribution is 2.30.